The summed E-state index contributed by atoms with van der Waals surface area (Å²) < 4.78 is 2.36. The van der Waals surface area contributed by atoms with E-state index in [0.29, 0.717) is 5.88 Å². The number of benzene rings is 1. The minimum Gasteiger partial charge on any atom is -0.327 e. The second-order valence-electron chi connectivity index (χ2n) is 6.29. The summed E-state index contributed by atoms with van der Waals surface area (Å²) in [5, 5.41) is 0. The first-order valence-corrected chi connectivity index (χ1v) is 8.24. The van der Waals surface area contributed by atoms with E-state index in [2.05, 4.69) is 36.6 Å². The second kappa shape index (κ2) is 5.77. The highest BCUT2D eigenvalue weighted by molar-refractivity contribution is 6.16. The maximum absolute atomic E-state index is 6.11. The van der Waals surface area contributed by atoms with Gasteiger partial charge in [-0.25, -0.2) is 4.98 Å². The molecule has 108 valence electrons. The van der Waals surface area contributed by atoms with E-state index >= 15 is 0 Å². The van der Waals surface area contributed by atoms with Gasteiger partial charge in [0, 0.05) is 6.54 Å². The van der Waals surface area contributed by atoms with Crippen molar-refractivity contribution in [2.75, 3.05) is 0 Å². The van der Waals surface area contributed by atoms with Gasteiger partial charge >= 0.3 is 0 Å². The number of aryl methyl sites for hydroxylation is 1. The van der Waals surface area contributed by atoms with E-state index in [9.17, 15) is 0 Å². The van der Waals surface area contributed by atoms with Crippen molar-refractivity contribution >= 4 is 22.6 Å². The highest BCUT2D eigenvalue weighted by Crippen LogP contribution is 2.32. The van der Waals surface area contributed by atoms with Gasteiger partial charge in [0.15, 0.2) is 0 Å². The van der Waals surface area contributed by atoms with Gasteiger partial charge in [0.2, 0.25) is 0 Å². The number of imidazole rings is 1. The van der Waals surface area contributed by atoms with Gasteiger partial charge in [-0.2, -0.15) is 0 Å². The molecule has 0 aliphatic heterocycles. The number of aromatic nitrogens is 2. The minimum atomic E-state index is 0.495. The maximum atomic E-state index is 6.11. The van der Waals surface area contributed by atoms with Gasteiger partial charge in [-0.15, -0.1) is 11.6 Å². The van der Waals surface area contributed by atoms with Crippen molar-refractivity contribution in [3.63, 3.8) is 0 Å². The predicted molar refractivity (Wildman–Crippen MR) is 85.1 cm³/mol. The standard InChI is InChI=1S/C17H23ClN2/c1-12-7-8-15-16(9-12)20(17(10-18)19-15)11-14-6-4-3-5-13(14)2/h7-9,13-14H,3-6,10-11H2,1-2H3. The molecule has 1 aliphatic rings. The van der Waals surface area contributed by atoms with Crippen molar-refractivity contribution in [2.24, 2.45) is 11.8 Å². The highest BCUT2D eigenvalue weighted by atomic mass is 35.5. The van der Waals surface area contributed by atoms with E-state index in [1.807, 2.05) is 0 Å². The molecule has 0 spiro atoms. The molecule has 2 aromatic rings. The zero-order valence-electron chi connectivity index (χ0n) is 12.4. The maximum Gasteiger partial charge on any atom is 0.124 e. The Morgan fingerprint density at radius 1 is 1.30 bits per heavy atom. The molecule has 0 radical (unpaired) electrons. The third kappa shape index (κ3) is 2.58. The summed E-state index contributed by atoms with van der Waals surface area (Å²) in [4.78, 5) is 4.69. The third-order valence-corrected chi connectivity index (χ3v) is 5.05. The van der Waals surface area contributed by atoms with E-state index in [-0.39, 0.29) is 0 Å². The average molecular weight is 291 g/mol. The highest BCUT2D eigenvalue weighted by Gasteiger charge is 2.23. The fourth-order valence-electron chi connectivity index (χ4n) is 3.49. The second-order valence-corrected chi connectivity index (χ2v) is 6.55. The number of hydrogen-bond donors (Lipinski definition) is 0. The van der Waals surface area contributed by atoms with E-state index < -0.39 is 0 Å². The molecule has 1 aromatic carbocycles. The fraction of sp³-hybridized carbons (Fsp3) is 0.588. The van der Waals surface area contributed by atoms with Gasteiger partial charge in [-0.1, -0.05) is 32.3 Å². The molecule has 3 heteroatoms. The molecule has 2 nitrogen and oxygen atoms in total. The zero-order valence-corrected chi connectivity index (χ0v) is 13.2. The topological polar surface area (TPSA) is 17.8 Å². The molecule has 0 bridgehead atoms. The van der Waals surface area contributed by atoms with Gasteiger partial charge < -0.3 is 4.57 Å². The van der Waals surface area contributed by atoms with Crippen LogP contribution in [0.3, 0.4) is 0 Å². The molecule has 2 atom stereocenters. The smallest absolute Gasteiger partial charge is 0.124 e. The van der Waals surface area contributed by atoms with Crippen molar-refractivity contribution < 1.29 is 0 Å². The lowest BCUT2D eigenvalue weighted by molar-refractivity contribution is 0.229. The normalized spacial score (nSPS) is 23.4. The Balaban J connectivity index is 1.98. The monoisotopic (exact) mass is 290 g/mol. The molecule has 1 heterocycles. The van der Waals surface area contributed by atoms with Crippen LogP contribution in [0.2, 0.25) is 0 Å². The van der Waals surface area contributed by atoms with Crippen LogP contribution < -0.4 is 0 Å². The van der Waals surface area contributed by atoms with E-state index in [1.165, 1.54) is 36.8 Å². The summed E-state index contributed by atoms with van der Waals surface area (Å²) in [6.07, 6.45) is 5.47. The van der Waals surface area contributed by atoms with E-state index in [1.54, 1.807) is 0 Å². The summed E-state index contributed by atoms with van der Waals surface area (Å²) in [6.45, 7) is 5.61. The van der Waals surface area contributed by atoms with Crippen LogP contribution in [0.1, 0.15) is 44.0 Å². The summed E-state index contributed by atoms with van der Waals surface area (Å²) >= 11 is 6.11. The lowest BCUT2D eigenvalue weighted by atomic mass is 9.80. The SMILES string of the molecule is Cc1ccc2nc(CCl)n(CC3CCCCC3C)c2c1. The number of nitrogens with zero attached hydrogens (tertiary/aromatic N) is 2. The Morgan fingerprint density at radius 3 is 2.85 bits per heavy atom. The molecule has 0 saturated heterocycles. The molecule has 0 amide bonds. The van der Waals surface area contributed by atoms with Crippen LogP contribution in [-0.2, 0) is 12.4 Å². The zero-order chi connectivity index (χ0) is 14.1. The summed E-state index contributed by atoms with van der Waals surface area (Å²) in [5.41, 5.74) is 3.62. The molecule has 1 aliphatic carbocycles. The number of halogens is 1. The van der Waals surface area contributed by atoms with Gasteiger partial charge in [0.05, 0.1) is 16.9 Å². The van der Waals surface area contributed by atoms with Crippen molar-refractivity contribution in [3.8, 4) is 0 Å². The Morgan fingerprint density at radius 2 is 2.10 bits per heavy atom. The van der Waals surface area contributed by atoms with Gasteiger partial charge in [-0.05, 0) is 42.9 Å². The molecule has 1 aromatic heterocycles. The van der Waals surface area contributed by atoms with E-state index in [0.717, 1.165) is 29.7 Å². The van der Waals surface area contributed by atoms with Crippen molar-refractivity contribution in [1.29, 1.82) is 0 Å². The first-order chi connectivity index (χ1) is 9.69. The van der Waals surface area contributed by atoms with Crippen LogP contribution in [-0.4, -0.2) is 9.55 Å². The Kier molecular flexibility index (Phi) is 4.02. The summed E-state index contributed by atoms with van der Waals surface area (Å²) in [6, 6.07) is 6.48. The molecule has 1 saturated carbocycles. The van der Waals surface area contributed by atoms with Gasteiger partial charge in [0.25, 0.3) is 0 Å². The van der Waals surface area contributed by atoms with Crippen molar-refractivity contribution in [1.82, 2.24) is 9.55 Å². The van der Waals surface area contributed by atoms with Crippen LogP contribution in [0.25, 0.3) is 11.0 Å². The largest absolute Gasteiger partial charge is 0.327 e. The fourth-order valence-corrected chi connectivity index (χ4v) is 3.69. The van der Waals surface area contributed by atoms with Crippen LogP contribution in [0.4, 0.5) is 0 Å². The number of rotatable bonds is 3. The Hall–Kier alpha value is -1.02. The number of hydrogen-bond acceptors (Lipinski definition) is 1. The molecular weight excluding hydrogens is 268 g/mol. The molecule has 1 fully saturated rings. The average Bonchev–Trinajstić information content (AvgIpc) is 2.79. The van der Waals surface area contributed by atoms with E-state index in [4.69, 9.17) is 16.6 Å². The third-order valence-electron chi connectivity index (χ3n) is 4.81. The number of fused-ring (bicyclic) bond motifs is 1. The molecule has 2 unspecified atom stereocenters. The quantitative estimate of drug-likeness (QED) is 0.734. The van der Waals surface area contributed by atoms with Crippen LogP contribution in [0, 0.1) is 18.8 Å². The molecular formula is C17H23ClN2. The molecule has 20 heavy (non-hydrogen) atoms. The minimum absolute atomic E-state index is 0.495. The van der Waals surface area contributed by atoms with Crippen LogP contribution in [0.5, 0.6) is 0 Å². The predicted octanol–water partition coefficient (Wildman–Crippen LogP) is 4.91. The van der Waals surface area contributed by atoms with Gasteiger partial charge in [-0.3, -0.25) is 0 Å². The van der Waals surface area contributed by atoms with Crippen molar-refractivity contribution in [2.45, 2.75) is 52.0 Å². The number of alkyl halides is 1. The van der Waals surface area contributed by atoms with Crippen molar-refractivity contribution in [3.05, 3.63) is 29.6 Å². The van der Waals surface area contributed by atoms with Crippen LogP contribution in [0.15, 0.2) is 18.2 Å². The first kappa shape index (κ1) is 13.9. The molecule has 0 N–H and O–H groups in total. The lowest BCUT2D eigenvalue weighted by Crippen LogP contribution is -2.22. The lowest BCUT2D eigenvalue weighted by Gasteiger charge is -2.29. The van der Waals surface area contributed by atoms with Gasteiger partial charge in [0.1, 0.15) is 5.82 Å². The molecule has 3 rings (SSSR count). The first-order valence-electron chi connectivity index (χ1n) is 7.70. The summed E-state index contributed by atoms with van der Waals surface area (Å²) in [7, 11) is 0. The Labute approximate surface area is 126 Å². The summed E-state index contributed by atoms with van der Waals surface area (Å²) in [5.74, 6) is 3.09. The van der Waals surface area contributed by atoms with Crippen LogP contribution >= 0.6 is 11.6 Å². The Bertz CT molecular complexity index is 602.